The molecule has 0 bridgehead atoms. The van der Waals surface area contributed by atoms with Gasteiger partial charge in [0.05, 0.1) is 0 Å². The van der Waals surface area contributed by atoms with E-state index in [1.165, 1.54) is 10.1 Å². The second-order valence-corrected chi connectivity index (χ2v) is 16.1. The zero-order valence-corrected chi connectivity index (χ0v) is 33.8. The van der Waals surface area contributed by atoms with Crippen molar-refractivity contribution in [1.29, 1.82) is 0 Å². The van der Waals surface area contributed by atoms with E-state index in [9.17, 15) is 0 Å². The minimum Gasteiger partial charge on any atom is -0.456 e. The molecule has 0 saturated carbocycles. The normalized spacial score (nSPS) is 11.5. The number of hydrogen-bond donors (Lipinski definition) is 0. The summed E-state index contributed by atoms with van der Waals surface area (Å²) in [5, 5.41) is 4.28. The molecule has 0 radical (unpaired) electrons. The van der Waals surface area contributed by atoms with Crippen LogP contribution in [0.15, 0.2) is 199 Å². The Hall–Kier alpha value is -8.20. The maximum Gasteiger partial charge on any atom is 0.165 e. The molecule has 0 aliphatic heterocycles. The summed E-state index contributed by atoms with van der Waals surface area (Å²) < 4.78 is 8.81. The van der Waals surface area contributed by atoms with E-state index in [0.717, 1.165) is 76.5 Å². The van der Waals surface area contributed by atoms with Crippen molar-refractivity contribution >= 4 is 53.4 Å². The van der Waals surface area contributed by atoms with Gasteiger partial charge >= 0.3 is 0 Å². The van der Waals surface area contributed by atoms with Gasteiger partial charge in [0.25, 0.3) is 0 Å². The zero-order chi connectivity index (χ0) is 41.0. The maximum atomic E-state index is 6.49. The third-order valence-electron chi connectivity index (χ3n) is 11.2. The topological polar surface area (TPSA) is 90.5 Å². The van der Waals surface area contributed by atoms with Crippen molar-refractivity contribution in [2.24, 2.45) is 0 Å². The maximum absolute atomic E-state index is 6.49. The Morgan fingerprint density at radius 1 is 0.306 bits per heavy atom. The molecule has 0 aliphatic rings. The molecule has 0 atom stereocenters. The number of thiophene rings is 1. The minimum atomic E-state index is 0.586. The van der Waals surface area contributed by atoms with Crippen molar-refractivity contribution in [2.75, 3.05) is 0 Å². The summed E-state index contributed by atoms with van der Waals surface area (Å²) in [4.78, 5) is 30.1. The minimum absolute atomic E-state index is 0.586. The molecule has 0 spiro atoms. The molecule has 0 unspecified atom stereocenters. The smallest absolute Gasteiger partial charge is 0.165 e. The van der Waals surface area contributed by atoms with E-state index in [1.807, 2.05) is 133 Å². The molecule has 0 aliphatic carbocycles. The Labute approximate surface area is 359 Å². The van der Waals surface area contributed by atoms with Crippen LogP contribution in [0.25, 0.3) is 122 Å². The molecule has 0 N–H and O–H groups in total. The molecule has 7 nitrogen and oxygen atoms in total. The van der Waals surface area contributed by atoms with Crippen molar-refractivity contribution in [3.05, 3.63) is 194 Å². The molecule has 0 amide bonds. The van der Waals surface area contributed by atoms with Gasteiger partial charge in [-0.05, 0) is 47.5 Å². The van der Waals surface area contributed by atoms with Gasteiger partial charge in [-0.3, -0.25) is 0 Å². The lowest BCUT2D eigenvalue weighted by Crippen LogP contribution is -2.00. The molecule has 12 rings (SSSR count). The fourth-order valence-corrected chi connectivity index (χ4v) is 9.40. The van der Waals surface area contributed by atoms with Crippen LogP contribution in [0, 0.1) is 0 Å². The zero-order valence-electron chi connectivity index (χ0n) is 33.0. The first-order chi connectivity index (χ1) is 30.7. The highest BCUT2D eigenvalue weighted by atomic mass is 32.1. The Balaban J connectivity index is 0.985. The third-order valence-corrected chi connectivity index (χ3v) is 12.4. The van der Waals surface area contributed by atoms with Crippen LogP contribution >= 0.6 is 11.3 Å². The molecule has 12 aromatic rings. The summed E-state index contributed by atoms with van der Waals surface area (Å²) in [5.41, 5.74) is 9.34. The second-order valence-electron chi connectivity index (χ2n) is 15.1. The highest BCUT2D eigenvalue weighted by Gasteiger charge is 2.20. The molecule has 4 heterocycles. The first-order valence-corrected chi connectivity index (χ1v) is 21.2. The molecule has 290 valence electrons. The van der Waals surface area contributed by atoms with Crippen molar-refractivity contribution in [2.45, 2.75) is 0 Å². The Bertz CT molecular complexity index is 3510. The van der Waals surface area contributed by atoms with Gasteiger partial charge < -0.3 is 4.42 Å². The van der Waals surface area contributed by atoms with Crippen molar-refractivity contribution < 1.29 is 4.42 Å². The molecule has 8 aromatic carbocycles. The summed E-state index contributed by atoms with van der Waals surface area (Å²) in [5.74, 6) is 3.75. The first-order valence-electron chi connectivity index (χ1n) is 20.4. The fourth-order valence-electron chi connectivity index (χ4n) is 8.20. The molecular formula is C54H32N6OS. The van der Waals surface area contributed by atoms with E-state index in [2.05, 4.69) is 60.7 Å². The van der Waals surface area contributed by atoms with Crippen LogP contribution in [0.5, 0.6) is 0 Å². The Morgan fingerprint density at radius 2 is 0.758 bits per heavy atom. The SMILES string of the molecule is c1ccc(-c2nc(-c3ccccc3)nc(-c3cccc4c3sc3ccc(-c5ccc6oc7cccc(-c8nc(-c9ccccc9)nc(-c9ccccc9)n8)c7c6c5)cc34)n2)cc1. The average molecular weight is 813 g/mol. The Morgan fingerprint density at radius 3 is 1.31 bits per heavy atom. The third kappa shape index (κ3) is 6.29. The highest BCUT2D eigenvalue weighted by molar-refractivity contribution is 7.26. The summed E-state index contributed by atoms with van der Waals surface area (Å²) in [7, 11) is 0. The van der Waals surface area contributed by atoms with Crippen molar-refractivity contribution in [3.8, 4) is 79.5 Å². The number of benzene rings is 8. The lowest BCUT2D eigenvalue weighted by molar-refractivity contribution is 0.669. The summed E-state index contributed by atoms with van der Waals surface area (Å²) >= 11 is 1.76. The van der Waals surface area contributed by atoms with Gasteiger partial charge in [-0.25, -0.2) is 29.9 Å². The van der Waals surface area contributed by atoms with E-state index in [0.29, 0.717) is 34.9 Å². The lowest BCUT2D eigenvalue weighted by Gasteiger charge is -2.09. The van der Waals surface area contributed by atoms with Gasteiger partial charge in [-0.1, -0.05) is 158 Å². The average Bonchev–Trinajstić information content (AvgIpc) is 3.93. The molecule has 4 aromatic heterocycles. The molecule has 62 heavy (non-hydrogen) atoms. The van der Waals surface area contributed by atoms with Gasteiger partial charge in [0.1, 0.15) is 11.2 Å². The largest absolute Gasteiger partial charge is 0.456 e. The quantitative estimate of drug-likeness (QED) is 0.158. The van der Waals surface area contributed by atoms with Crippen molar-refractivity contribution in [3.63, 3.8) is 0 Å². The van der Waals surface area contributed by atoms with Crippen LogP contribution in [0.2, 0.25) is 0 Å². The van der Waals surface area contributed by atoms with E-state index in [1.54, 1.807) is 11.3 Å². The molecule has 0 saturated heterocycles. The summed E-state index contributed by atoms with van der Waals surface area (Å²) in [6, 6.07) is 65.9. The van der Waals surface area contributed by atoms with Gasteiger partial charge in [-0.15, -0.1) is 11.3 Å². The molecular weight excluding hydrogens is 781 g/mol. The molecule has 8 heteroatoms. The van der Waals surface area contributed by atoms with Crippen LogP contribution in [-0.4, -0.2) is 29.9 Å². The van der Waals surface area contributed by atoms with Crippen LogP contribution in [0.4, 0.5) is 0 Å². The van der Waals surface area contributed by atoms with Gasteiger partial charge in [0.2, 0.25) is 0 Å². The number of fused-ring (bicyclic) bond motifs is 6. The van der Waals surface area contributed by atoms with Crippen LogP contribution in [-0.2, 0) is 0 Å². The van der Waals surface area contributed by atoms with E-state index >= 15 is 0 Å². The predicted molar refractivity (Wildman–Crippen MR) is 251 cm³/mol. The number of aromatic nitrogens is 6. The number of rotatable bonds is 7. The molecule has 0 fully saturated rings. The fraction of sp³-hybridized carbons (Fsp3) is 0. The van der Waals surface area contributed by atoms with Crippen LogP contribution < -0.4 is 0 Å². The summed E-state index contributed by atoms with van der Waals surface area (Å²) in [6.07, 6.45) is 0. The number of nitrogens with zero attached hydrogens (tertiary/aromatic N) is 6. The highest BCUT2D eigenvalue weighted by Crippen LogP contribution is 2.43. The Kier molecular flexibility index (Phi) is 8.53. The standard InChI is InChI=1S/C54H32N6OS/c1-5-15-33(16-6-1)49-55-50(34-17-7-2-8-18-34)58-53(57-49)40-24-14-26-45-47(40)43-32-37(27-29-44(43)61-45)38-28-30-46-42(31-38)39-23-13-25-41(48(39)62-46)54-59-51(35-19-9-3-10-20-35)56-52(60-54)36-21-11-4-12-22-36/h1-32H. The predicted octanol–water partition coefficient (Wildman–Crippen LogP) is 14.0. The second kappa shape index (κ2) is 14.8. The van der Waals surface area contributed by atoms with E-state index < -0.39 is 0 Å². The van der Waals surface area contributed by atoms with Crippen molar-refractivity contribution in [1.82, 2.24) is 29.9 Å². The van der Waals surface area contributed by atoms with Crippen LogP contribution in [0.1, 0.15) is 0 Å². The van der Waals surface area contributed by atoms with Crippen LogP contribution in [0.3, 0.4) is 0 Å². The first kappa shape index (κ1) is 35.7. The monoisotopic (exact) mass is 812 g/mol. The van der Waals surface area contributed by atoms with Gasteiger partial charge in [-0.2, -0.15) is 0 Å². The van der Waals surface area contributed by atoms with Gasteiger partial charge in [0, 0.05) is 64.3 Å². The number of hydrogen-bond acceptors (Lipinski definition) is 8. The summed E-state index contributed by atoms with van der Waals surface area (Å²) in [6.45, 7) is 0. The van der Waals surface area contributed by atoms with E-state index in [4.69, 9.17) is 34.3 Å². The lowest BCUT2D eigenvalue weighted by atomic mass is 9.99. The number of furan rings is 1. The van der Waals surface area contributed by atoms with E-state index in [-0.39, 0.29) is 0 Å². The van der Waals surface area contributed by atoms with Gasteiger partial charge in [0.15, 0.2) is 34.9 Å².